The van der Waals surface area contributed by atoms with Crippen LogP contribution in [0, 0.1) is 0 Å². The minimum Gasteiger partial charge on any atom is -0.431 e. The van der Waals surface area contributed by atoms with Crippen LogP contribution in [-0.4, -0.2) is 15.7 Å². The summed E-state index contributed by atoms with van der Waals surface area (Å²) in [7, 11) is 0. The molecule has 0 amide bonds. The van der Waals surface area contributed by atoms with Crippen LogP contribution in [0.3, 0.4) is 0 Å². The third kappa shape index (κ3) is 1.65. The summed E-state index contributed by atoms with van der Waals surface area (Å²) in [5.74, 6) is 0.0846. The van der Waals surface area contributed by atoms with Crippen molar-refractivity contribution >= 4 is 23.1 Å². The van der Waals surface area contributed by atoms with Gasteiger partial charge in [0.1, 0.15) is 12.1 Å². The number of nitrogens with zero attached hydrogens (tertiary/aromatic N) is 1. The molecule has 6 heteroatoms. The molecule has 0 bridgehead atoms. The Labute approximate surface area is 82.8 Å². The van der Waals surface area contributed by atoms with Crippen LogP contribution in [0.5, 0.6) is 5.88 Å². The fraction of sp³-hybridized carbons (Fsp3) is 0.125. The number of halogens is 2. The van der Waals surface area contributed by atoms with Gasteiger partial charge in [-0.1, -0.05) is 0 Å². The second kappa shape index (κ2) is 3.83. The van der Waals surface area contributed by atoms with Crippen molar-refractivity contribution in [3.05, 3.63) is 24.5 Å². The average Bonchev–Trinajstić information content (AvgIpc) is 2.66. The molecule has 0 spiro atoms. The smallest absolute Gasteiger partial charge is 0.317 e. The Balaban J connectivity index is 2.36. The number of alkyl halides is 1. The molecule has 74 valence electrons. The topological polar surface area (TPSA) is 37.9 Å². The van der Waals surface area contributed by atoms with Crippen molar-refractivity contribution in [1.29, 1.82) is 0 Å². The lowest BCUT2D eigenvalue weighted by Gasteiger charge is -2.05. The highest BCUT2D eigenvalue weighted by Gasteiger charge is 2.12. The molecule has 0 saturated carbocycles. The molecule has 0 radical (unpaired) electrons. The van der Waals surface area contributed by atoms with Gasteiger partial charge in [-0.15, -0.1) is 0 Å². The van der Waals surface area contributed by atoms with Crippen molar-refractivity contribution in [3.63, 3.8) is 0 Å². The van der Waals surface area contributed by atoms with E-state index in [1.807, 2.05) is 0 Å². The van der Waals surface area contributed by atoms with E-state index in [4.69, 9.17) is 0 Å². The molecule has 0 aliphatic heterocycles. The number of pyridine rings is 1. The Kier molecular flexibility index (Phi) is 2.53. The quantitative estimate of drug-likeness (QED) is 0.801. The third-order valence-electron chi connectivity index (χ3n) is 1.72. The summed E-state index contributed by atoms with van der Waals surface area (Å²) in [6.45, 7) is 0. The minimum absolute atomic E-state index is 0.0846. The molecule has 2 rings (SSSR count). The number of H-pyrrole nitrogens is 1. The summed E-state index contributed by atoms with van der Waals surface area (Å²) in [5.41, 5.74) is -1.27. The predicted molar refractivity (Wildman–Crippen MR) is 50.3 cm³/mol. The first-order valence-electron chi connectivity index (χ1n) is 3.81. The Morgan fingerprint density at radius 2 is 2.36 bits per heavy atom. The summed E-state index contributed by atoms with van der Waals surface area (Å²) in [6.07, 6.45) is 3.14. The van der Waals surface area contributed by atoms with E-state index >= 15 is 0 Å². The zero-order valence-corrected chi connectivity index (χ0v) is 7.72. The van der Waals surface area contributed by atoms with Crippen LogP contribution in [0.15, 0.2) is 24.5 Å². The summed E-state index contributed by atoms with van der Waals surface area (Å²) in [6, 6.07) is 3.41. The number of aromatic amines is 1. The maximum atomic E-state index is 12.6. The maximum Gasteiger partial charge on any atom is 0.317 e. The lowest BCUT2D eigenvalue weighted by molar-refractivity contribution is 0.147. The molecule has 0 fully saturated rings. The molecule has 0 aromatic carbocycles. The SMILES string of the molecule is FSC(F)Oc1nccc2[nH]ccc12. The molecule has 3 nitrogen and oxygen atoms in total. The first-order valence-corrected chi connectivity index (χ1v) is 4.59. The van der Waals surface area contributed by atoms with Crippen LogP contribution in [0.2, 0.25) is 0 Å². The normalized spacial score (nSPS) is 13.0. The lowest BCUT2D eigenvalue weighted by atomic mass is 10.3. The van der Waals surface area contributed by atoms with E-state index in [1.165, 1.54) is 6.20 Å². The molecular formula is C8H6F2N2OS. The van der Waals surface area contributed by atoms with E-state index in [-0.39, 0.29) is 5.88 Å². The summed E-state index contributed by atoms with van der Waals surface area (Å²) < 4.78 is 29.0. The number of hydrogen-bond donors (Lipinski definition) is 1. The van der Waals surface area contributed by atoms with E-state index in [2.05, 4.69) is 14.7 Å². The van der Waals surface area contributed by atoms with Gasteiger partial charge in [-0.2, -0.15) is 8.28 Å². The van der Waals surface area contributed by atoms with E-state index < -0.39 is 17.8 Å². The standard InChI is InChI=1S/C8H6F2N2OS/c9-8(14-10)13-7-5-1-3-11-6(5)2-4-12-7/h1-4,8,11H. The van der Waals surface area contributed by atoms with Crippen LogP contribution in [-0.2, 0) is 0 Å². The second-order valence-electron chi connectivity index (χ2n) is 2.54. The molecular weight excluding hydrogens is 210 g/mol. The fourth-order valence-electron chi connectivity index (χ4n) is 1.16. The molecule has 1 atom stereocenters. The van der Waals surface area contributed by atoms with Crippen LogP contribution < -0.4 is 4.74 Å². The molecule has 0 aliphatic carbocycles. The number of ether oxygens (including phenoxy) is 1. The Morgan fingerprint density at radius 3 is 3.14 bits per heavy atom. The van der Waals surface area contributed by atoms with Gasteiger partial charge in [0.2, 0.25) is 5.88 Å². The van der Waals surface area contributed by atoms with Crippen molar-refractivity contribution in [3.8, 4) is 5.88 Å². The third-order valence-corrected chi connectivity index (χ3v) is 1.95. The number of hydrogen-bond acceptors (Lipinski definition) is 3. The van der Waals surface area contributed by atoms with Gasteiger partial charge in [0.15, 0.2) is 0 Å². The highest BCUT2D eigenvalue weighted by atomic mass is 32.2. The fourth-order valence-corrected chi connectivity index (χ4v) is 1.28. The van der Waals surface area contributed by atoms with Crippen LogP contribution in [0.25, 0.3) is 10.9 Å². The number of rotatable bonds is 3. The van der Waals surface area contributed by atoms with Gasteiger partial charge in [0, 0.05) is 12.4 Å². The number of aromatic nitrogens is 2. The van der Waals surface area contributed by atoms with Crippen molar-refractivity contribution in [2.75, 3.05) is 0 Å². The van der Waals surface area contributed by atoms with Gasteiger partial charge in [-0.3, -0.25) is 0 Å². The van der Waals surface area contributed by atoms with E-state index in [1.54, 1.807) is 18.3 Å². The summed E-state index contributed by atoms with van der Waals surface area (Å²) in [4.78, 5) is 6.71. The molecule has 1 unspecified atom stereocenters. The zero-order valence-electron chi connectivity index (χ0n) is 6.91. The summed E-state index contributed by atoms with van der Waals surface area (Å²) in [5, 5.41) is 0.629. The van der Waals surface area contributed by atoms with Crippen molar-refractivity contribution in [2.24, 2.45) is 0 Å². The first-order chi connectivity index (χ1) is 6.81. The zero-order chi connectivity index (χ0) is 9.97. The van der Waals surface area contributed by atoms with Gasteiger partial charge in [-0.05, 0) is 12.1 Å². The monoisotopic (exact) mass is 216 g/mol. The highest BCUT2D eigenvalue weighted by Crippen LogP contribution is 2.25. The highest BCUT2D eigenvalue weighted by molar-refractivity contribution is 7.94. The Morgan fingerprint density at radius 1 is 1.50 bits per heavy atom. The molecule has 2 aromatic rings. The van der Waals surface area contributed by atoms with Gasteiger partial charge in [0.25, 0.3) is 0 Å². The predicted octanol–water partition coefficient (Wildman–Crippen LogP) is 2.81. The lowest BCUT2D eigenvalue weighted by Crippen LogP contribution is -2.04. The van der Waals surface area contributed by atoms with Crippen LogP contribution in [0.1, 0.15) is 0 Å². The molecule has 1 N–H and O–H groups in total. The Bertz CT molecular complexity index is 434. The van der Waals surface area contributed by atoms with Gasteiger partial charge in [0.05, 0.1) is 10.9 Å². The number of fused-ring (bicyclic) bond motifs is 1. The molecule has 2 aromatic heterocycles. The van der Waals surface area contributed by atoms with E-state index in [0.29, 0.717) is 5.39 Å². The largest absolute Gasteiger partial charge is 0.431 e. The molecule has 2 heterocycles. The number of nitrogens with one attached hydrogen (secondary N) is 1. The van der Waals surface area contributed by atoms with Crippen molar-refractivity contribution < 1.29 is 13.0 Å². The molecule has 0 aliphatic rings. The van der Waals surface area contributed by atoms with Gasteiger partial charge in [-0.25, -0.2) is 4.98 Å². The minimum atomic E-state index is -2.04. The van der Waals surface area contributed by atoms with Gasteiger partial charge >= 0.3 is 5.69 Å². The van der Waals surface area contributed by atoms with Crippen molar-refractivity contribution in [1.82, 2.24) is 9.97 Å². The molecule has 14 heavy (non-hydrogen) atoms. The summed E-state index contributed by atoms with van der Waals surface area (Å²) >= 11 is -0.508. The van der Waals surface area contributed by atoms with Crippen molar-refractivity contribution in [2.45, 2.75) is 5.69 Å². The second-order valence-corrected chi connectivity index (χ2v) is 3.09. The average molecular weight is 216 g/mol. The van der Waals surface area contributed by atoms with Crippen LogP contribution in [0.4, 0.5) is 8.28 Å². The van der Waals surface area contributed by atoms with Crippen LogP contribution >= 0.6 is 12.1 Å². The maximum absolute atomic E-state index is 12.6. The molecule has 0 saturated heterocycles. The Hall–Kier alpha value is -1.30. The van der Waals surface area contributed by atoms with Gasteiger partial charge < -0.3 is 9.72 Å². The van der Waals surface area contributed by atoms with E-state index in [0.717, 1.165) is 5.52 Å². The first kappa shape index (κ1) is 9.26. The van der Waals surface area contributed by atoms with E-state index in [9.17, 15) is 8.28 Å².